The summed E-state index contributed by atoms with van der Waals surface area (Å²) in [4.78, 5) is 0. The van der Waals surface area contributed by atoms with Gasteiger partial charge in [-0.25, -0.2) is 0 Å². The third-order valence-electron chi connectivity index (χ3n) is 1.64. The number of rotatable bonds is 3. The topological polar surface area (TPSA) is 61.8 Å². The summed E-state index contributed by atoms with van der Waals surface area (Å²) in [5, 5.41) is 21.3. The van der Waals surface area contributed by atoms with Crippen LogP contribution in [0.4, 0.5) is 0 Å². The summed E-state index contributed by atoms with van der Waals surface area (Å²) in [6, 6.07) is 2.02. The van der Waals surface area contributed by atoms with E-state index in [0.717, 1.165) is 5.56 Å². The van der Waals surface area contributed by atoms with E-state index in [1.54, 1.807) is 10.9 Å². The molecule has 1 heterocycles. The molecule has 12 heavy (non-hydrogen) atoms. The molecule has 0 bridgehead atoms. The third-order valence-corrected chi connectivity index (χ3v) is 1.64. The first-order chi connectivity index (χ1) is 5.76. The lowest BCUT2D eigenvalue weighted by Crippen LogP contribution is -2.05. The monoisotopic (exact) mass is 165 g/mol. The Labute approximate surface area is 71.1 Å². The zero-order chi connectivity index (χ0) is 8.97. The first-order valence-electron chi connectivity index (χ1n) is 3.74. The summed E-state index contributed by atoms with van der Waals surface area (Å²) in [6.07, 6.45) is 4.13. The second-order valence-electron chi connectivity index (χ2n) is 2.73. The predicted octanol–water partition coefficient (Wildman–Crippen LogP) is 0.0947. The molecule has 0 aliphatic rings. The van der Waals surface area contributed by atoms with Crippen LogP contribution in [0.2, 0.25) is 0 Å². The van der Waals surface area contributed by atoms with Crippen molar-refractivity contribution < 1.29 is 5.11 Å². The van der Waals surface area contributed by atoms with Gasteiger partial charge in [-0.1, -0.05) is 0 Å². The van der Waals surface area contributed by atoms with Gasteiger partial charge in [-0.2, -0.15) is 10.4 Å². The number of aliphatic hydroxyl groups excluding tert-OH is 1. The Balaban J connectivity index is 2.58. The lowest BCUT2D eigenvalue weighted by Gasteiger charge is -2.00. The Kier molecular flexibility index (Phi) is 2.83. The molecule has 1 N–H and O–H groups in total. The van der Waals surface area contributed by atoms with E-state index in [2.05, 4.69) is 5.10 Å². The number of nitrogens with zero attached hydrogens (tertiary/aromatic N) is 3. The molecule has 0 saturated heterocycles. The van der Waals surface area contributed by atoms with Crippen molar-refractivity contribution in [3.8, 4) is 6.07 Å². The van der Waals surface area contributed by atoms with Gasteiger partial charge in [-0.3, -0.25) is 4.68 Å². The Hall–Kier alpha value is -1.34. The maximum atomic E-state index is 8.74. The smallest absolute Gasteiger partial charge is 0.0735 e. The van der Waals surface area contributed by atoms with E-state index in [-0.39, 0.29) is 12.5 Å². The van der Waals surface area contributed by atoms with Crippen molar-refractivity contribution in [3.05, 3.63) is 18.0 Å². The SMILES string of the molecule is Cn1cc(C[C@@H](C#N)CO)cn1. The minimum absolute atomic E-state index is 0.0919. The Morgan fingerprint density at radius 3 is 3.00 bits per heavy atom. The zero-order valence-electron chi connectivity index (χ0n) is 6.94. The summed E-state index contributed by atoms with van der Waals surface area (Å²) in [5.41, 5.74) is 0.984. The van der Waals surface area contributed by atoms with Crippen LogP contribution in [-0.2, 0) is 13.5 Å². The molecule has 1 aromatic rings. The van der Waals surface area contributed by atoms with Gasteiger partial charge in [0.2, 0.25) is 0 Å². The van der Waals surface area contributed by atoms with Crippen LogP contribution in [0.25, 0.3) is 0 Å². The minimum Gasteiger partial charge on any atom is -0.395 e. The molecule has 4 nitrogen and oxygen atoms in total. The van der Waals surface area contributed by atoms with Gasteiger partial charge in [-0.15, -0.1) is 0 Å². The maximum absolute atomic E-state index is 8.74. The molecule has 0 unspecified atom stereocenters. The van der Waals surface area contributed by atoms with Crippen molar-refractivity contribution in [2.24, 2.45) is 13.0 Å². The highest BCUT2D eigenvalue weighted by Gasteiger charge is 2.07. The second-order valence-corrected chi connectivity index (χ2v) is 2.73. The number of nitriles is 1. The van der Waals surface area contributed by atoms with Gasteiger partial charge < -0.3 is 5.11 Å². The van der Waals surface area contributed by atoms with Crippen molar-refractivity contribution in [3.63, 3.8) is 0 Å². The van der Waals surface area contributed by atoms with Crippen LogP contribution < -0.4 is 0 Å². The summed E-state index contributed by atoms with van der Waals surface area (Å²) < 4.78 is 1.68. The molecule has 0 fully saturated rings. The number of hydrogen-bond acceptors (Lipinski definition) is 3. The molecule has 0 saturated carbocycles. The largest absolute Gasteiger partial charge is 0.395 e. The van der Waals surface area contributed by atoms with E-state index in [0.29, 0.717) is 6.42 Å². The van der Waals surface area contributed by atoms with Gasteiger partial charge in [0.05, 0.1) is 24.8 Å². The van der Waals surface area contributed by atoms with Crippen LogP contribution in [0.15, 0.2) is 12.4 Å². The highest BCUT2D eigenvalue weighted by atomic mass is 16.3. The average Bonchev–Trinajstić information content (AvgIpc) is 2.47. The number of hydrogen-bond donors (Lipinski definition) is 1. The van der Waals surface area contributed by atoms with Crippen LogP contribution in [-0.4, -0.2) is 21.5 Å². The fraction of sp³-hybridized carbons (Fsp3) is 0.500. The van der Waals surface area contributed by atoms with E-state index in [9.17, 15) is 0 Å². The normalized spacial score (nSPS) is 12.4. The molecule has 64 valence electrons. The molecule has 0 aliphatic heterocycles. The number of aromatic nitrogens is 2. The molecule has 4 heteroatoms. The average molecular weight is 165 g/mol. The molecule has 0 aliphatic carbocycles. The van der Waals surface area contributed by atoms with Crippen LogP contribution in [0.5, 0.6) is 0 Å². The molecule has 1 atom stereocenters. The molecule has 1 rings (SSSR count). The molecule has 1 aromatic heterocycles. The summed E-state index contributed by atoms with van der Waals surface area (Å²) >= 11 is 0. The van der Waals surface area contributed by atoms with Crippen molar-refractivity contribution in [1.82, 2.24) is 9.78 Å². The second kappa shape index (κ2) is 3.88. The van der Waals surface area contributed by atoms with Gasteiger partial charge in [0, 0.05) is 13.2 Å². The van der Waals surface area contributed by atoms with Crippen molar-refractivity contribution in [2.45, 2.75) is 6.42 Å². The first-order valence-corrected chi connectivity index (χ1v) is 3.74. The Bertz CT molecular complexity index is 287. The Morgan fingerprint density at radius 1 is 1.83 bits per heavy atom. The maximum Gasteiger partial charge on any atom is 0.0735 e. The van der Waals surface area contributed by atoms with Crippen molar-refractivity contribution >= 4 is 0 Å². The highest BCUT2D eigenvalue weighted by molar-refractivity contribution is 5.07. The summed E-state index contributed by atoms with van der Waals surface area (Å²) in [6.45, 7) is -0.0919. The van der Waals surface area contributed by atoms with Crippen LogP contribution in [0.1, 0.15) is 5.56 Å². The first kappa shape index (κ1) is 8.75. The van der Waals surface area contributed by atoms with Gasteiger partial charge in [0.25, 0.3) is 0 Å². The third kappa shape index (κ3) is 2.07. The molecular weight excluding hydrogens is 154 g/mol. The van der Waals surface area contributed by atoms with E-state index in [4.69, 9.17) is 10.4 Å². The quantitative estimate of drug-likeness (QED) is 0.690. The van der Waals surface area contributed by atoms with Gasteiger partial charge >= 0.3 is 0 Å². The fourth-order valence-electron chi connectivity index (χ4n) is 1.01. The fourth-order valence-corrected chi connectivity index (χ4v) is 1.01. The van der Waals surface area contributed by atoms with Gasteiger partial charge in [-0.05, 0) is 12.0 Å². The standard InChI is InChI=1S/C8H11N3O/c1-11-5-8(4-10-11)2-7(3-9)6-12/h4-5,7,12H,2,6H2,1H3/t7-/m0/s1. The lowest BCUT2D eigenvalue weighted by atomic mass is 10.1. The van der Waals surface area contributed by atoms with E-state index in [1.807, 2.05) is 19.3 Å². The van der Waals surface area contributed by atoms with E-state index in [1.165, 1.54) is 0 Å². The zero-order valence-corrected chi connectivity index (χ0v) is 6.94. The van der Waals surface area contributed by atoms with Crippen LogP contribution in [0.3, 0.4) is 0 Å². The molecule has 0 spiro atoms. The van der Waals surface area contributed by atoms with E-state index >= 15 is 0 Å². The van der Waals surface area contributed by atoms with E-state index < -0.39 is 0 Å². The molecule has 0 amide bonds. The predicted molar refractivity (Wildman–Crippen MR) is 43.1 cm³/mol. The molecular formula is C8H11N3O. The van der Waals surface area contributed by atoms with Crippen molar-refractivity contribution in [1.29, 1.82) is 5.26 Å². The van der Waals surface area contributed by atoms with Crippen LogP contribution in [0, 0.1) is 17.2 Å². The van der Waals surface area contributed by atoms with Gasteiger partial charge in [0.15, 0.2) is 0 Å². The summed E-state index contributed by atoms with van der Waals surface area (Å²) in [7, 11) is 1.82. The highest BCUT2D eigenvalue weighted by Crippen LogP contribution is 2.05. The summed E-state index contributed by atoms with van der Waals surface area (Å²) in [5.74, 6) is -0.311. The lowest BCUT2D eigenvalue weighted by molar-refractivity contribution is 0.255. The number of aliphatic hydroxyl groups is 1. The Morgan fingerprint density at radius 2 is 2.58 bits per heavy atom. The molecule has 0 aromatic carbocycles. The number of aryl methyl sites for hydroxylation is 1. The van der Waals surface area contributed by atoms with Crippen molar-refractivity contribution in [2.75, 3.05) is 6.61 Å². The molecule has 0 radical (unpaired) electrons. The van der Waals surface area contributed by atoms with Gasteiger partial charge in [0.1, 0.15) is 0 Å². The minimum atomic E-state index is -0.311. The van der Waals surface area contributed by atoms with Crippen LogP contribution >= 0.6 is 0 Å².